The van der Waals surface area contributed by atoms with Gasteiger partial charge in [-0.15, -0.1) is 0 Å². The number of nitrogens with zero attached hydrogens (tertiary/aromatic N) is 2. The third kappa shape index (κ3) is 5.17. The Morgan fingerprint density at radius 3 is 2.17 bits per heavy atom. The number of aryl methyl sites for hydroxylation is 1. The van der Waals surface area contributed by atoms with E-state index in [9.17, 15) is 5.11 Å². The van der Waals surface area contributed by atoms with Crippen molar-refractivity contribution in [2.24, 2.45) is 0 Å². The van der Waals surface area contributed by atoms with Gasteiger partial charge in [-0.05, 0) is 38.7 Å². The van der Waals surface area contributed by atoms with Crippen molar-refractivity contribution in [2.45, 2.75) is 19.4 Å². The third-order valence-corrected chi connectivity index (χ3v) is 3.19. The molecule has 0 saturated carbocycles. The Morgan fingerprint density at radius 2 is 1.67 bits per heavy atom. The van der Waals surface area contributed by atoms with Crippen LogP contribution < -0.4 is 0 Å². The van der Waals surface area contributed by atoms with E-state index in [0.29, 0.717) is 6.54 Å². The van der Waals surface area contributed by atoms with Gasteiger partial charge in [0.15, 0.2) is 0 Å². The Hall–Kier alpha value is -0.900. The van der Waals surface area contributed by atoms with Crippen LogP contribution in [0.15, 0.2) is 24.3 Å². The van der Waals surface area contributed by atoms with Gasteiger partial charge in [0.1, 0.15) is 0 Å². The summed E-state index contributed by atoms with van der Waals surface area (Å²) in [6, 6.07) is 8.25. The minimum atomic E-state index is -0.400. The molecule has 3 nitrogen and oxygen atoms in total. The monoisotopic (exact) mass is 250 g/mol. The van der Waals surface area contributed by atoms with Gasteiger partial charge in [-0.1, -0.05) is 31.2 Å². The van der Waals surface area contributed by atoms with Gasteiger partial charge < -0.3 is 14.9 Å². The molecule has 1 atom stereocenters. The molecule has 1 aromatic rings. The van der Waals surface area contributed by atoms with E-state index in [2.05, 4.69) is 43.0 Å². The van der Waals surface area contributed by atoms with Crippen molar-refractivity contribution in [3.63, 3.8) is 0 Å². The highest BCUT2D eigenvalue weighted by Crippen LogP contribution is 2.15. The van der Waals surface area contributed by atoms with Crippen LogP contribution in [0.2, 0.25) is 0 Å². The first-order chi connectivity index (χ1) is 8.52. The third-order valence-electron chi connectivity index (χ3n) is 3.19. The van der Waals surface area contributed by atoms with Crippen LogP contribution in [0, 0.1) is 0 Å². The number of aliphatic hydroxyl groups is 1. The SMILES string of the molecule is CCc1ccc(C(O)CN(C)CCN(C)C)cc1. The normalized spacial score (nSPS) is 13.3. The van der Waals surface area contributed by atoms with Crippen molar-refractivity contribution >= 4 is 0 Å². The van der Waals surface area contributed by atoms with E-state index in [1.807, 2.05) is 19.2 Å². The van der Waals surface area contributed by atoms with Gasteiger partial charge in [0.05, 0.1) is 6.10 Å². The van der Waals surface area contributed by atoms with Crippen LogP contribution >= 0.6 is 0 Å². The summed E-state index contributed by atoms with van der Waals surface area (Å²) in [7, 11) is 6.18. The smallest absolute Gasteiger partial charge is 0.0916 e. The highest BCUT2D eigenvalue weighted by Gasteiger charge is 2.10. The first-order valence-electron chi connectivity index (χ1n) is 6.63. The Kier molecular flexibility index (Phi) is 6.33. The summed E-state index contributed by atoms with van der Waals surface area (Å²) in [5.74, 6) is 0. The molecule has 0 fully saturated rings. The lowest BCUT2D eigenvalue weighted by Gasteiger charge is -2.22. The van der Waals surface area contributed by atoms with Crippen LogP contribution in [0.25, 0.3) is 0 Å². The van der Waals surface area contributed by atoms with Gasteiger partial charge in [0.2, 0.25) is 0 Å². The largest absolute Gasteiger partial charge is 0.387 e. The van der Waals surface area contributed by atoms with Crippen molar-refractivity contribution in [2.75, 3.05) is 40.8 Å². The molecule has 0 aliphatic rings. The molecular formula is C15H26N2O. The second-order valence-electron chi connectivity index (χ2n) is 5.18. The predicted molar refractivity (Wildman–Crippen MR) is 76.8 cm³/mol. The Balaban J connectivity index is 2.45. The molecule has 0 spiro atoms. The number of benzene rings is 1. The summed E-state index contributed by atoms with van der Waals surface area (Å²) in [6.07, 6.45) is 0.641. The molecule has 102 valence electrons. The molecule has 0 radical (unpaired) electrons. The number of rotatable bonds is 7. The molecule has 0 amide bonds. The highest BCUT2D eigenvalue weighted by molar-refractivity contribution is 5.24. The second kappa shape index (κ2) is 7.52. The van der Waals surface area contributed by atoms with Crippen molar-refractivity contribution in [3.05, 3.63) is 35.4 Å². The maximum Gasteiger partial charge on any atom is 0.0916 e. The quantitative estimate of drug-likeness (QED) is 0.799. The van der Waals surface area contributed by atoms with Crippen LogP contribution in [0.5, 0.6) is 0 Å². The van der Waals surface area contributed by atoms with Gasteiger partial charge in [-0.2, -0.15) is 0 Å². The molecule has 0 aliphatic heterocycles. The summed E-state index contributed by atoms with van der Waals surface area (Å²) in [5.41, 5.74) is 2.32. The van der Waals surface area contributed by atoms with E-state index in [1.54, 1.807) is 0 Å². The molecule has 0 aliphatic carbocycles. The van der Waals surface area contributed by atoms with Crippen molar-refractivity contribution in [1.82, 2.24) is 9.80 Å². The Labute approximate surface area is 111 Å². The molecule has 1 unspecified atom stereocenters. The number of aliphatic hydroxyl groups excluding tert-OH is 1. The first-order valence-corrected chi connectivity index (χ1v) is 6.63. The van der Waals surface area contributed by atoms with Gasteiger partial charge in [-0.25, -0.2) is 0 Å². The summed E-state index contributed by atoms with van der Waals surface area (Å²) in [4.78, 5) is 4.32. The fraction of sp³-hybridized carbons (Fsp3) is 0.600. The van der Waals surface area contributed by atoms with E-state index in [-0.39, 0.29) is 0 Å². The van der Waals surface area contributed by atoms with Gasteiger partial charge >= 0.3 is 0 Å². The van der Waals surface area contributed by atoms with Crippen LogP contribution in [0.4, 0.5) is 0 Å². The maximum absolute atomic E-state index is 10.2. The van der Waals surface area contributed by atoms with Crippen molar-refractivity contribution in [3.8, 4) is 0 Å². The maximum atomic E-state index is 10.2. The molecule has 0 aromatic heterocycles. The standard InChI is InChI=1S/C15H26N2O/c1-5-13-6-8-14(9-7-13)15(18)12-17(4)11-10-16(2)3/h6-9,15,18H,5,10-12H2,1-4H3. The average Bonchev–Trinajstić information content (AvgIpc) is 2.36. The summed E-state index contributed by atoms with van der Waals surface area (Å²) >= 11 is 0. The highest BCUT2D eigenvalue weighted by atomic mass is 16.3. The topological polar surface area (TPSA) is 26.7 Å². The van der Waals surface area contributed by atoms with Crippen LogP contribution in [-0.4, -0.2) is 55.7 Å². The van der Waals surface area contributed by atoms with Gasteiger partial charge in [0.25, 0.3) is 0 Å². The minimum absolute atomic E-state index is 0.400. The molecule has 0 heterocycles. The molecule has 3 heteroatoms. The zero-order valence-electron chi connectivity index (χ0n) is 12.1. The molecular weight excluding hydrogens is 224 g/mol. The van der Waals surface area contributed by atoms with Crippen molar-refractivity contribution in [1.29, 1.82) is 0 Å². The lowest BCUT2D eigenvalue weighted by molar-refractivity contribution is 0.123. The van der Waals surface area contributed by atoms with E-state index in [4.69, 9.17) is 0 Å². The first kappa shape index (κ1) is 15.2. The lowest BCUT2D eigenvalue weighted by atomic mass is 10.1. The Bertz CT molecular complexity index is 335. The average molecular weight is 250 g/mol. The minimum Gasteiger partial charge on any atom is -0.387 e. The number of likely N-dealkylation sites (N-methyl/N-ethyl adjacent to an activating group) is 2. The fourth-order valence-electron chi connectivity index (χ4n) is 1.84. The molecule has 1 rings (SSSR count). The van der Waals surface area contributed by atoms with Crippen molar-refractivity contribution < 1.29 is 5.11 Å². The van der Waals surface area contributed by atoms with E-state index >= 15 is 0 Å². The number of hydrogen-bond donors (Lipinski definition) is 1. The summed E-state index contributed by atoms with van der Waals surface area (Å²) in [6.45, 7) is 4.80. The molecule has 1 N–H and O–H groups in total. The summed E-state index contributed by atoms with van der Waals surface area (Å²) in [5, 5.41) is 10.2. The molecule has 0 saturated heterocycles. The predicted octanol–water partition coefficient (Wildman–Crippen LogP) is 1.78. The zero-order chi connectivity index (χ0) is 13.5. The Morgan fingerprint density at radius 1 is 1.06 bits per heavy atom. The molecule has 0 bridgehead atoms. The second-order valence-corrected chi connectivity index (χ2v) is 5.18. The van der Waals surface area contributed by atoms with E-state index in [1.165, 1.54) is 5.56 Å². The summed E-state index contributed by atoms with van der Waals surface area (Å²) < 4.78 is 0. The van der Waals surface area contributed by atoms with Crippen LogP contribution in [0.1, 0.15) is 24.2 Å². The molecule has 18 heavy (non-hydrogen) atoms. The number of hydrogen-bond acceptors (Lipinski definition) is 3. The van der Waals surface area contributed by atoms with Crippen LogP contribution in [0.3, 0.4) is 0 Å². The van der Waals surface area contributed by atoms with Gasteiger partial charge in [-0.3, -0.25) is 0 Å². The molecule has 1 aromatic carbocycles. The lowest BCUT2D eigenvalue weighted by Crippen LogP contribution is -2.31. The zero-order valence-corrected chi connectivity index (χ0v) is 12.1. The van der Waals surface area contributed by atoms with E-state index < -0.39 is 6.10 Å². The fourth-order valence-corrected chi connectivity index (χ4v) is 1.84. The van der Waals surface area contributed by atoms with E-state index in [0.717, 1.165) is 25.1 Å². The van der Waals surface area contributed by atoms with Gasteiger partial charge in [0, 0.05) is 19.6 Å². The van der Waals surface area contributed by atoms with Crippen LogP contribution in [-0.2, 0) is 6.42 Å².